The summed E-state index contributed by atoms with van der Waals surface area (Å²) in [4.78, 5) is 12.2. The van der Waals surface area contributed by atoms with Gasteiger partial charge in [-0.2, -0.15) is 11.3 Å². The number of carbonyl (C=O) groups excluding carboxylic acids is 1. The van der Waals surface area contributed by atoms with Gasteiger partial charge >= 0.3 is 0 Å². The summed E-state index contributed by atoms with van der Waals surface area (Å²) in [5.41, 5.74) is 1.94. The van der Waals surface area contributed by atoms with E-state index in [1.54, 1.807) is 11.3 Å². The van der Waals surface area contributed by atoms with Crippen LogP contribution >= 0.6 is 11.3 Å². The van der Waals surface area contributed by atoms with Crippen LogP contribution in [0, 0.1) is 5.92 Å². The third-order valence-electron chi connectivity index (χ3n) is 3.06. The number of benzene rings is 1. The molecule has 3 heteroatoms. The number of hydrogen-bond donors (Lipinski definition) is 0. The highest BCUT2D eigenvalue weighted by atomic mass is 32.1. The molecule has 0 bridgehead atoms. The fourth-order valence-corrected chi connectivity index (χ4v) is 2.78. The molecule has 3 rings (SSSR count). The lowest BCUT2D eigenvalue weighted by atomic mass is 9.91. The fraction of sp³-hybridized carbons (Fsp3) is 0.214. The lowest BCUT2D eigenvalue weighted by molar-refractivity contribution is 0.0855. The Balaban J connectivity index is 1.83. The molecule has 0 spiro atoms. The summed E-state index contributed by atoms with van der Waals surface area (Å²) in [6.45, 7) is 0.492. The molecular weight excluding hydrogens is 232 g/mol. The first-order chi connectivity index (χ1) is 8.34. The average molecular weight is 244 g/mol. The first kappa shape index (κ1) is 10.5. The summed E-state index contributed by atoms with van der Waals surface area (Å²) in [6, 6.07) is 9.82. The van der Waals surface area contributed by atoms with Crippen molar-refractivity contribution in [1.82, 2.24) is 0 Å². The molecule has 0 amide bonds. The van der Waals surface area contributed by atoms with E-state index in [0.717, 1.165) is 23.3 Å². The maximum absolute atomic E-state index is 12.2. The molecule has 86 valence electrons. The van der Waals surface area contributed by atoms with E-state index >= 15 is 0 Å². The van der Waals surface area contributed by atoms with Gasteiger partial charge in [0.05, 0.1) is 12.5 Å². The molecule has 17 heavy (non-hydrogen) atoms. The summed E-state index contributed by atoms with van der Waals surface area (Å²) in [6.07, 6.45) is 0.783. The number of ketones is 1. The topological polar surface area (TPSA) is 26.3 Å². The lowest BCUT2D eigenvalue weighted by Gasteiger charge is -2.23. The molecule has 2 heterocycles. The Labute approximate surface area is 104 Å². The van der Waals surface area contributed by atoms with Crippen LogP contribution in [0.5, 0.6) is 5.75 Å². The van der Waals surface area contributed by atoms with Crippen LogP contribution in [-0.2, 0) is 6.42 Å². The second-order valence-electron chi connectivity index (χ2n) is 4.20. The molecule has 0 saturated carbocycles. The summed E-state index contributed by atoms with van der Waals surface area (Å²) < 4.78 is 5.64. The largest absolute Gasteiger partial charge is 0.493 e. The van der Waals surface area contributed by atoms with Gasteiger partial charge in [-0.1, -0.05) is 18.2 Å². The molecule has 0 saturated heterocycles. The molecule has 2 nitrogen and oxygen atoms in total. The number of rotatable bonds is 2. The molecule has 1 atom stereocenters. The van der Waals surface area contributed by atoms with Crippen LogP contribution in [0.25, 0.3) is 0 Å². The molecule has 1 aliphatic rings. The highest BCUT2D eigenvalue weighted by Crippen LogP contribution is 2.28. The van der Waals surface area contributed by atoms with Crippen molar-refractivity contribution in [2.45, 2.75) is 6.42 Å². The monoisotopic (exact) mass is 244 g/mol. The third kappa shape index (κ3) is 1.98. The van der Waals surface area contributed by atoms with E-state index in [1.165, 1.54) is 0 Å². The van der Waals surface area contributed by atoms with E-state index in [9.17, 15) is 4.79 Å². The van der Waals surface area contributed by atoms with E-state index in [1.807, 2.05) is 41.1 Å². The smallest absolute Gasteiger partial charge is 0.170 e. The number of hydrogen-bond acceptors (Lipinski definition) is 3. The van der Waals surface area contributed by atoms with Crippen LogP contribution < -0.4 is 4.74 Å². The van der Waals surface area contributed by atoms with Crippen molar-refractivity contribution in [1.29, 1.82) is 0 Å². The Hall–Kier alpha value is -1.61. The fourth-order valence-electron chi connectivity index (χ4n) is 2.14. The third-order valence-corrected chi connectivity index (χ3v) is 3.74. The summed E-state index contributed by atoms with van der Waals surface area (Å²) in [5.74, 6) is 1.07. The number of ether oxygens (including phenoxy) is 1. The van der Waals surface area contributed by atoms with Crippen LogP contribution in [0.4, 0.5) is 0 Å². The van der Waals surface area contributed by atoms with Gasteiger partial charge in [0.15, 0.2) is 5.78 Å². The predicted octanol–water partition coefficient (Wildman–Crippen LogP) is 3.18. The minimum absolute atomic E-state index is 0.0421. The maximum atomic E-state index is 12.2. The molecule has 1 aromatic carbocycles. The van der Waals surface area contributed by atoms with Crippen molar-refractivity contribution >= 4 is 17.1 Å². The van der Waals surface area contributed by atoms with E-state index in [4.69, 9.17) is 4.74 Å². The number of thiophene rings is 1. The Morgan fingerprint density at radius 1 is 1.29 bits per heavy atom. The van der Waals surface area contributed by atoms with Crippen LogP contribution in [0.2, 0.25) is 0 Å². The van der Waals surface area contributed by atoms with Gasteiger partial charge in [-0.25, -0.2) is 0 Å². The van der Waals surface area contributed by atoms with Gasteiger partial charge in [0.25, 0.3) is 0 Å². The van der Waals surface area contributed by atoms with E-state index < -0.39 is 0 Å². The highest BCUT2D eigenvalue weighted by molar-refractivity contribution is 7.08. The van der Waals surface area contributed by atoms with Crippen molar-refractivity contribution < 1.29 is 9.53 Å². The van der Waals surface area contributed by atoms with E-state index in [-0.39, 0.29) is 11.7 Å². The van der Waals surface area contributed by atoms with Crippen LogP contribution in [0.1, 0.15) is 15.9 Å². The Bertz CT molecular complexity index is 531. The highest BCUT2D eigenvalue weighted by Gasteiger charge is 2.26. The van der Waals surface area contributed by atoms with Gasteiger partial charge in [0.1, 0.15) is 5.75 Å². The minimum atomic E-state index is -0.0421. The Kier molecular flexibility index (Phi) is 2.69. The Morgan fingerprint density at radius 2 is 2.18 bits per heavy atom. The van der Waals surface area contributed by atoms with Crippen LogP contribution in [-0.4, -0.2) is 12.4 Å². The number of carbonyl (C=O) groups is 1. The Morgan fingerprint density at radius 3 is 3.00 bits per heavy atom. The van der Waals surface area contributed by atoms with Gasteiger partial charge in [0.2, 0.25) is 0 Å². The SMILES string of the molecule is O=C(c1ccsc1)C1COc2ccccc2C1. The van der Waals surface area contributed by atoms with Gasteiger partial charge in [0, 0.05) is 10.9 Å². The molecule has 0 N–H and O–H groups in total. The molecule has 1 aliphatic heterocycles. The standard InChI is InChI=1S/C14H12O2S/c15-14(11-5-6-17-9-11)12-7-10-3-1-2-4-13(10)16-8-12/h1-6,9,12H,7-8H2. The van der Waals surface area contributed by atoms with Crippen molar-refractivity contribution in [3.05, 3.63) is 52.2 Å². The van der Waals surface area contributed by atoms with E-state index in [0.29, 0.717) is 6.61 Å². The van der Waals surface area contributed by atoms with Gasteiger partial charge in [-0.05, 0) is 29.5 Å². The number of fused-ring (bicyclic) bond motifs is 1. The zero-order valence-electron chi connectivity index (χ0n) is 9.26. The summed E-state index contributed by atoms with van der Waals surface area (Å²) in [5, 5.41) is 3.84. The second-order valence-corrected chi connectivity index (χ2v) is 4.98. The van der Waals surface area contributed by atoms with E-state index in [2.05, 4.69) is 0 Å². The zero-order chi connectivity index (χ0) is 11.7. The minimum Gasteiger partial charge on any atom is -0.493 e. The van der Waals surface area contributed by atoms with Crippen molar-refractivity contribution in [2.75, 3.05) is 6.61 Å². The number of para-hydroxylation sites is 1. The normalized spacial score (nSPS) is 18.2. The quantitative estimate of drug-likeness (QED) is 0.758. The van der Waals surface area contributed by atoms with Gasteiger partial charge < -0.3 is 4.74 Å². The molecule has 1 unspecified atom stereocenters. The molecule has 0 aliphatic carbocycles. The van der Waals surface area contributed by atoms with Crippen molar-refractivity contribution in [3.63, 3.8) is 0 Å². The molecule has 0 radical (unpaired) electrons. The van der Waals surface area contributed by atoms with Crippen molar-refractivity contribution in [3.8, 4) is 5.75 Å². The zero-order valence-corrected chi connectivity index (χ0v) is 10.1. The molecule has 2 aromatic rings. The lowest BCUT2D eigenvalue weighted by Crippen LogP contribution is -2.28. The van der Waals surface area contributed by atoms with Crippen LogP contribution in [0.15, 0.2) is 41.1 Å². The van der Waals surface area contributed by atoms with Crippen molar-refractivity contribution in [2.24, 2.45) is 5.92 Å². The van der Waals surface area contributed by atoms with Gasteiger partial charge in [-0.15, -0.1) is 0 Å². The summed E-state index contributed by atoms with van der Waals surface area (Å²) in [7, 11) is 0. The number of Topliss-reactive ketones (excluding diaryl/α,β-unsaturated/α-hetero) is 1. The molecule has 0 fully saturated rings. The summed E-state index contributed by atoms with van der Waals surface area (Å²) >= 11 is 1.56. The predicted molar refractivity (Wildman–Crippen MR) is 67.8 cm³/mol. The second kappa shape index (κ2) is 4.34. The van der Waals surface area contributed by atoms with Crippen LogP contribution in [0.3, 0.4) is 0 Å². The maximum Gasteiger partial charge on any atom is 0.170 e. The molecule has 1 aromatic heterocycles. The molecular formula is C14H12O2S. The van der Waals surface area contributed by atoms with Gasteiger partial charge in [-0.3, -0.25) is 4.79 Å². The first-order valence-electron chi connectivity index (χ1n) is 5.62. The average Bonchev–Trinajstić information content (AvgIpc) is 2.91. The first-order valence-corrected chi connectivity index (χ1v) is 6.56.